The molecule has 9 heteroatoms. The van der Waals surface area contributed by atoms with E-state index >= 15 is 0 Å². The van der Waals surface area contributed by atoms with Crippen LogP contribution in [0.2, 0.25) is 15.1 Å². The van der Waals surface area contributed by atoms with Crippen molar-refractivity contribution >= 4 is 63.2 Å². The minimum Gasteiger partial charge on any atom is -0.368 e. The molecule has 1 fully saturated rings. The molecule has 0 spiro atoms. The Kier molecular flexibility index (Phi) is 6.09. The highest BCUT2D eigenvalue weighted by Gasteiger charge is 2.23. The van der Waals surface area contributed by atoms with Crippen LogP contribution in [0.25, 0.3) is 10.9 Å². The monoisotopic (exact) mass is 464 g/mol. The molecule has 3 aromatic rings. The van der Waals surface area contributed by atoms with Gasteiger partial charge in [-0.1, -0.05) is 34.8 Å². The molecule has 0 atom stereocenters. The zero-order chi connectivity index (χ0) is 21.3. The van der Waals surface area contributed by atoms with Crippen molar-refractivity contribution in [2.24, 2.45) is 0 Å². The molecule has 30 heavy (non-hydrogen) atoms. The Labute approximate surface area is 188 Å². The molecule has 1 aliphatic rings. The molecule has 0 aliphatic carbocycles. The number of benzene rings is 2. The number of nitrogens with one attached hydrogen (secondary N) is 2. The zero-order valence-corrected chi connectivity index (χ0v) is 18.2. The molecule has 4 rings (SSSR count). The highest BCUT2D eigenvalue weighted by molar-refractivity contribution is 6.39. The Hall–Kier alpha value is -2.41. The standard InChI is InChI=1S/C21H19Cl3N4O2/c22-13-1-4-15(5-2-13)27-7-9-28(10-8-27)18(29)12-25-21(30)20-19(24)16-11-14(23)3-6-17(16)26-20/h1-6,11,26H,7-10,12H2,(H,25,30). The van der Waals surface area contributed by atoms with E-state index in [1.165, 1.54) is 0 Å². The van der Waals surface area contributed by atoms with E-state index < -0.39 is 5.91 Å². The molecule has 2 amide bonds. The molecule has 2 heterocycles. The minimum atomic E-state index is -0.430. The molecule has 1 aliphatic heterocycles. The fourth-order valence-electron chi connectivity index (χ4n) is 3.51. The topological polar surface area (TPSA) is 68.4 Å². The number of aromatic amines is 1. The number of carbonyl (C=O) groups excluding carboxylic acids is 2. The van der Waals surface area contributed by atoms with E-state index in [0.717, 1.165) is 18.8 Å². The highest BCUT2D eigenvalue weighted by atomic mass is 35.5. The quantitative estimate of drug-likeness (QED) is 0.606. The van der Waals surface area contributed by atoms with E-state index in [1.54, 1.807) is 23.1 Å². The summed E-state index contributed by atoms with van der Waals surface area (Å²) in [6.07, 6.45) is 0. The van der Waals surface area contributed by atoms with Crippen molar-refractivity contribution in [1.82, 2.24) is 15.2 Å². The van der Waals surface area contributed by atoms with Crippen molar-refractivity contribution in [3.05, 3.63) is 63.2 Å². The number of hydrogen-bond donors (Lipinski definition) is 2. The van der Waals surface area contributed by atoms with E-state index in [9.17, 15) is 9.59 Å². The summed E-state index contributed by atoms with van der Waals surface area (Å²) in [5.41, 5.74) is 2.00. The lowest BCUT2D eigenvalue weighted by Crippen LogP contribution is -2.51. The van der Waals surface area contributed by atoms with Crippen LogP contribution in [-0.4, -0.2) is 54.4 Å². The van der Waals surface area contributed by atoms with Gasteiger partial charge in [0.1, 0.15) is 5.69 Å². The van der Waals surface area contributed by atoms with E-state index in [4.69, 9.17) is 34.8 Å². The predicted octanol–water partition coefficient (Wildman–Crippen LogP) is 4.21. The van der Waals surface area contributed by atoms with Gasteiger partial charge in [-0.15, -0.1) is 0 Å². The van der Waals surface area contributed by atoms with Gasteiger partial charge in [-0.2, -0.15) is 0 Å². The first-order valence-electron chi connectivity index (χ1n) is 9.45. The summed E-state index contributed by atoms with van der Waals surface area (Å²) in [5, 5.41) is 4.83. The first-order valence-corrected chi connectivity index (χ1v) is 10.6. The van der Waals surface area contributed by atoms with Crippen molar-refractivity contribution < 1.29 is 9.59 Å². The Morgan fingerprint density at radius 1 is 0.933 bits per heavy atom. The minimum absolute atomic E-state index is 0.0910. The van der Waals surface area contributed by atoms with Crippen LogP contribution in [0.1, 0.15) is 10.5 Å². The third-order valence-corrected chi connectivity index (χ3v) is 6.03. The number of hydrogen-bond acceptors (Lipinski definition) is 3. The van der Waals surface area contributed by atoms with Crippen LogP contribution < -0.4 is 10.2 Å². The number of halogens is 3. The lowest BCUT2D eigenvalue weighted by atomic mass is 10.2. The number of amides is 2. The number of anilines is 1. The van der Waals surface area contributed by atoms with Gasteiger partial charge in [-0.25, -0.2) is 0 Å². The smallest absolute Gasteiger partial charge is 0.269 e. The third-order valence-electron chi connectivity index (χ3n) is 5.15. The van der Waals surface area contributed by atoms with Crippen LogP contribution in [0, 0.1) is 0 Å². The average molecular weight is 466 g/mol. The number of fused-ring (bicyclic) bond motifs is 1. The van der Waals surface area contributed by atoms with Crippen LogP contribution in [-0.2, 0) is 4.79 Å². The van der Waals surface area contributed by atoms with Gasteiger partial charge in [0.05, 0.1) is 11.6 Å². The van der Waals surface area contributed by atoms with Crippen LogP contribution >= 0.6 is 34.8 Å². The van der Waals surface area contributed by atoms with Crippen molar-refractivity contribution in [3.8, 4) is 0 Å². The van der Waals surface area contributed by atoms with E-state index in [1.807, 2.05) is 24.3 Å². The summed E-state index contributed by atoms with van der Waals surface area (Å²) < 4.78 is 0. The molecule has 1 saturated heterocycles. The number of carbonyl (C=O) groups is 2. The fourth-order valence-corrected chi connectivity index (χ4v) is 4.10. The maximum absolute atomic E-state index is 12.5. The SMILES string of the molecule is O=C(NCC(=O)N1CCN(c2ccc(Cl)cc2)CC1)c1[nH]c2ccc(Cl)cc2c1Cl. The molecular weight excluding hydrogens is 447 g/mol. The first kappa shape index (κ1) is 20.8. The van der Waals surface area contributed by atoms with Gasteiger partial charge in [0.2, 0.25) is 5.91 Å². The summed E-state index contributed by atoms with van der Waals surface area (Å²) in [5.74, 6) is -0.560. The summed E-state index contributed by atoms with van der Waals surface area (Å²) in [7, 11) is 0. The Balaban J connectivity index is 1.32. The second-order valence-electron chi connectivity index (χ2n) is 7.03. The van der Waals surface area contributed by atoms with Gasteiger partial charge >= 0.3 is 0 Å². The van der Waals surface area contributed by atoms with Crippen LogP contribution in [0.4, 0.5) is 5.69 Å². The number of H-pyrrole nitrogens is 1. The van der Waals surface area contributed by atoms with E-state index in [0.29, 0.717) is 34.0 Å². The average Bonchev–Trinajstić information content (AvgIpc) is 3.08. The molecule has 1 aromatic heterocycles. The Bertz CT molecular complexity index is 1090. The predicted molar refractivity (Wildman–Crippen MR) is 121 cm³/mol. The molecular formula is C21H19Cl3N4O2. The molecule has 6 nitrogen and oxygen atoms in total. The van der Waals surface area contributed by atoms with Gasteiger partial charge in [-0.3, -0.25) is 9.59 Å². The van der Waals surface area contributed by atoms with Crippen molar-refractivity contribution in [2.75, 3.05) is 37.6 Å². The molecule has 2 N–H and O–H groups in total. The molecule has 0 radical (unpaired) electrons. The van der Waals surface area contributed by atoms with Crippen LogP contribution in [0.15, 0.2) is 42.5 Å². The second kappa shape index (κ2) is 8.76. The fraction of sp³-hybridized carbons (Fsp3) is 0.238. The number of aromatic nitrogens is 1. The number of nitrogens with zero attached hydrogens (tertiary/aromatic N) is 2. The first-order chi connectivity index (χ1) is 14.4. The summed E-state index contributed by atoms with van der Waals surface area (Å²) >= 11 is 18.2. The van der Waals surface area contributed by atoms with Gasteiger partial charge in [0.15, 0.2) is 0 Å². The largest absolute Gasteiger partial charge is 0.368 e. The van der Waals surface area contributed by atoms with Gasteiger partial charge < -0.3 is 20.1 Å². The molecule has 0 saturated carbocycles. The maximum Gasteiger partial charge on any atom is 0.269 e. The Morgan fingerprint density at radius 2 is 1.60 bits per heavy atom. The molecule has 0 unspecified atom stereocenters. The van der Waals surface area contributed by atoms with Gasteiger partial charge in [0, 0.05) is 52.8 Å². The van der Waals surface area contributed by atoms with Crippen LogP contribution in [0.3, 0.4) is 0 Å². The van der Waals surface area contributed by atoms with Crippen molar-refractivity contribution in [1.29, 1.82) is 0 Å². The van der Waals surface area contributed by atoms with Crippen LogP contribution in [0.5, 0.6) is 0 Å². The number of rotatable bonds is 4. The maximum atomic E-state index is 12.5. The zero-order valence-electron chi connectivity index (χ0n) is 15.9. The second-order valence-corrected chi connectivity index (χ2v) is 8.28. The van der Waals surface area contributed by atoms with E-state index in [-0.39, 0.29) is 23.2 Å². The highest BCUT2D eigenvalue weighted by Crippen LogP contribution is 2.29. The van der Waals surface area contributed by atoms with E-state index in [2.05, 4.69) is 15.2 Å². The van der Waals surface area contributed by atoms with Gasteiger partial charge in [0.25, 0.3) is 5.91 Å². The van der Waals surface area contributed by atoms with Crippen molar-refractivity contribution in [2.45, 2.75) is 0 Å². The summed E-state index contributed by atoms with van der Waals surface area (Å²) in [4.78, 5) is 32.0. The normalized spacial score (nSPS) is 14.2. The summed E-state index contributed by atoms with van der Waals surface area (Å²) in [6.45, 7) is 2.52. The van der Waals surface area contributed by atoms with Gasteiger partial charge in [-0.05, 0) is 42.5 Å². The Morgan fingerprint density at radius 3 is 2.30 bits per heavy atom. The third kappa shape index (κ3) is 4.36. The molecule has 0 bridgehead atoms. The molecule has 156 valence electrons. The lowest BCUT2D eigenvalue weighted by molar-refractivity contribution is -0.130. The number of piperazine rings is 1. The van der Waals surface area contributed by atoms with Crippen molar-refractivity contribution in [3.63, 3.8) is 0 Å². The molecule has 2 aromatic carbocycles. The summed E-state index contributed by atoms with van der Waals surface area (Å²) in [6, 6.07) is 12.8. The lowest BCUT2D eigenvalue weighted by Gasteiger charge is -2.36.